The van der Waals surface area contributed by atoms with Crippen LogP contribution in [0.25, 0.3) is 22.0 Å². The van der Waals surface area contributed by atoms with Gasteiger partial charge in [0.05, 0.1) is 12.1 Å². The molecule has 1 heterocycles. The molecule has 7 nitrogen and oxygen atoms in total. The van der Waals surface area contributed by atoms with Crippen LogP contribution in [0.2, 0.25) is 0 Å². The molecule has 0 radical (unpaired) electrons. The van der Waals surface area contributed by atoms with Crippen LogP contribution >= 0.6 is 0 Å². The van der Waals surface area contributed by atoms with E-state index in [4.69, 9.17) is 4.74 Å². The summed E-state index contributed by atoms with van der Waals surface area (Å²) < 4.78 is 7.13. The highest BCUT2D eigenvalue weighted by molar-refractivity contribution is 6.04. The Morgan fingerprint density at radius 2 is 1.58 bits per heavy atom. The van der Waals surface area contributed by atoms with Gasteiger partial charge >= 0.3 is 0 Å². The van der Waals surface area contributed by atoms with Gasteiger partial charge in [-0.2, -0.15) is 0 Å². The second-order valence-electron chi connectivity index (χ2n) is 7.64. The molecule has 7 heteroatoms. The molecule has 0 fully saturated rings. The maximum atomic E-state index is 12.7. The second-order valence-corrected chi connectivity index (χ2v) is 7.64. The highest BCUT2D eigenvalue weighted by atomic mass is 16.5. The number of carbonyl (C=O) groups excluding carboxylic acids is 2. The zero-order chi connectivity index (χ0) is 23.5. The molecule has 0 aliphatic rings. The lowest BCUT2D eigenvalue weighted by Gasteiger charge is -2.13. The van der Waals surface area contributed by atoms with Gasteiger partial charge in [0, 0.05) is 12.4 Å². The molecule has 4 aromatic rings. The molecule has 0 atom stereocenters. The number of ketones is 1. The van der Waals surface area contributed by atoms with E-state index in [1.807, 2.05) is 60.7 Å². The lowest BCUT2D eigenvalue weighted by Crippen LogP contribution is -2.34. The van der Waals surface area contributed by atoms with Crippen LogP contribution in [-0.2, 0) is 11.8 Å². The van der Waals surface area contributed by atoms with Crippen molar-refractivity contribution >= 4 is 22.6 Å². The third kappa shape index (κ3) is 4.48. The van der Waals surface area contributed by atoms with E-state index in [0.717, 1.165) is 16.9 Å². The second kappa shape index (κ2) is 9.00. The van der Waals surface area contributed by atoms with Crippen molar-refractivity contribution in [1.82, 2.24) is 9.88 Å². The summed E-state index contributed by atoms with van der Waals surface area (Å²) in [7, 11) is 1.53. The van der Waals surface area contributed by atoms with Gasteiger partial charge in [-0.15, -0.1) is 0 Å². The van der Waals surface area contributed by atoms with Crippen LogP contribution in [0.15, 0.2) is 77.6 Å². The van der Waals surface area contributed by atoms with Crippen LogP contribution in [0.4, 0.5) is 0 Å². The Labute approximate surface area is 189 Å². The fraction of sp³-hybridized carbons (Fsp3) is 0.115. The first kappa shape index (κ1) is 21.8. The van der Waals surface area contributed by atoms with Gasteiger partial charge in [-0.1, -0.05) is 36.4 Å². The number of benzene rings is 3. The van der Waals surface area contributed by atoms with E-state index < -0.39 is 22.8 Å². The summed E-state index contributed by atoms with van der Waals surface area (Å²) in [5.74, 6) is -0.0572. The summed E-state index contributed by atoms with van der Waals surface area (Å²) in [6.45, 7) is 1.10. The van der Waals surface area contributed by atoms with Crippen molar-refractivity contribution < 1.29 is 19.4 Å². The summed E-state index contributed by atoms with van der Waals surface area (Å²) in [5.41, 5.74) is 1.10. The van der Waals surface area contributed by atoms with E-state index in [2.05, 4.69) is 5.32 Å². The van der Waals surface area contributed by atoms with E-state index in [1.165, 1.54) is 18.5 Å². The van der Waals surface area contributed by atoms with E-state index in [1.54, 1.807) is 12.1 Å². The molecule has 1 amide bonds. The zero-order valence-electron chi connectivity index (χ0n) is 18.2. The summed E-state index contributed by atoms with van der Waals surface area (Å²) in [4.78, 5) is 36.3. The number of para-hydroxylation sites is 1. The van der Waals surface area contributed by atoms with Gasteiger partial charge in [-0.3, -0.25) is 14.4 Å². The molecule has 1 aromatic heterocycles. The molecular formula is C26H22N2O5. The Bertz CT molecular complexity index is 1410. The highest BCUT2D eigenvalue weighted by Gasteiger charge is 2.21. The minimum Gasteiger partial charge on any atom is -0.506 e. The van der Waals surface area contributed by atoms with Crippen molar-refractivity contribution in [3.63, 3.8) is 0 Å². The number of nitrogens with zero attached hydrogens (tertiary/aromatic N) is 1. The van der Waals surface area contributed by atoms with Crippen LogP contribution in [0.3, 0.4) is 0 Å². The molecule has 0 saturated carbocycles. The molecule has 2 N–H and O–H groups in total. The fourth-order valence-corrected chi connectivity index (χ4v) is 3.55. The number of carbonyl (C=O) groups is 2. The molecule has 0 aliphatic carbocycles. The summed E-state index contributed by atoms with van der Waals surface area (Å²) >= 11 is 0. The Morgan fingerprint density at radius 1 is 0.939 bits per heavy atom. The predicted molar refractivity (Wildman–Crippen MR) is 126 cm³/mol. The first-order valence-corrected chi connectivity index (χ1v) is 10.3. The van der Waals surface area contributed by atoms with Crippen LogP contribution < -0.4 is 15.6 Å². The van der Waals surface area contributed by atoms with Crippen molar-refractivity contribution in [2.75, 3.05) is 6.54 Å². The monoisotopic (exact) mass is 442 g/mol. The van der Waals surface area contributed by atoms with Gasteiger partial charge in [0.1, 0.15) is 28.6 Å². The van der Waals surface area contributed by atoms with E-state index in [-0.39, 0.29) is 12.3 Å². The van der Waals surface area contributed by atoms with E-state index in [9.17, 15) is 19.5 Å². The van der Waals surface area contributed by atoms with Crippen LogP contribution in [-0.4, -0.2) is 27.9 Å². The number of aryl methyl sites for hydroxylation is 1. The number of rotatable bonds is 6. The SMILES string of the molecule is CC(=O)CNC(=O)c1c(O)c2cc(-c3ccc(Oc4ccccc4)cc3)ccc2n(C)c1=O. The number of Topliss-reactive ketones (excluding diaryl/α,β-unsaturated/α-hetero) is 1. The van der Waals surface area contributed by atoms with Gasteiger partial charge in [-0.05, 0) is 54.4 Å². The predicted octanol–water partition coefficient (Wildman–Crippen LogP) is 4.02. The van der Waals surface area contributed by atoms with Gasteiger partial charge in [-0.25, -0.2) is 0 Å². The number of pyridine rings is 1. The Kier molecular flexibility index (Phi) is 5.95. The van der Waals surface area contributed by atoms with Gasteiger partial charge in [0.25, 0.3) is 11.5 Å². The van der Waals surface area contributed by atoms with Gasteiger partial charge in [0.2, 0.25) is 0 Å². The van der Waals surface area contributed by atoms with Crippen molar-refractivity contribution in [3.8, 4) is 28.4 Å². The molecule has 33 heavy (non-hydrogen) atoms. The highest BCUT2D eigenvalue weighted by Crippen LogP contribution is 2.32. The quantitative estimate of drug-likeness (QED) is 0.470. The molecule has 0 saturated heterocycles. The molecule has 0 unspecified atom stereocenters. The number of aromatic hydroxyl groups is 1. The lowest BCUT2D eigenvalue weighted by atomic mass is 10.0. The normalized spacial score (nSPS) is 10.7. The average Bonchev–Trinajstić information content (AvgIpc) is 2.82. The van der Waals surface area contributed by atoms with Crippen LogP contribution in [0.1, 0.15) is 17.3 Å². The van der Waals surface area contributed by atoms with Crippen molar-refractivity contribution in [1.29, 1.82) is 0 Å². The number of nitrogens with one attached hydrogen (secondary N) is 1. The largest absolute Gasteiger partial charge is 0.506 e. The molecule has 0 aliphatic heterocycles. The zero-order valence-corrected chi connectivity index (χ0v) is 18.2. The smallest absolute Gasteiger partial charge is 0.267 e. The molecule has 0 bridgehead atoms. The maximum Gasteiger partial charge on any atom is 0.267 e. The fourth-order valence-electron chi connectivity index (χ4n) is 3.55. The third-order valence-electron chi connectivity index (χ3n) is 5.26. The molecule has 0 spiro atoms. The molecule has 3 aromatic carbocycles. The lowest BCUT2D eigenvalue weighted by molar-refractivity contribution is -0.116. The minimum absolute atomic E-state index is 0.225. The molecule has 4 rings (SSSR count). The van der Waals surface area contributed by atoms with E-state index in [0.29, 0.717) is 16.7 Å². The number of aromatic nitrogens is 1. The minimum atomic E-state index is -0.794. The Balaban J connectivity index is 1.70. The van der Waals surface area contributed by atoms with Crippen LogP contribution in [0, 0.1) is 0 Å². The van der Waals surface area contributed by atoms with Gasteiger partial charge in [0.15, 0.2) is 0 Å². The van der Waals surface area contributed by atoms with Crippen LogP contribution in [0.5, 0.6) is 17.2 Å². The van der Waals surface area contributed by atoms with Crippen molar-refractivity contribution in [3.05, 3.63) is 88.7 Å². The number of fused-ring (bicyclic) bond motifs is 1. The summed E-state index contributed by atoms with van der Waals surface area (Å²) in [6.07, 6.45) is 0. The third-order valence-corrected chi connectivity index (χ3v) is 5.26. The Morgan fingerprint density at radius 3 is 2.24 bits per heavy atom. The first-order chi connectivity index (χ1) is 15.8. The molecule has 166 valence electrons. The first-order valence-electron chi connectivity index (χ1n) is 10.3. The number of amides is 1. The summed E-state index contributed by atoms with van der Waals surface area (Å²) in [5, 5.41) is 13.5. The maximum absolute atomic E-state index is 12.7. The summed E-state index contributed by atoms with van der Waals surface area (Å²) in [6, 6.07) is 22.2. The average molecular weight is 442 g/mol. The van der Waals surface area contributed by atoms with Gasteiger partial charge < -0.3 is 19.7 Å². The number of hydrogen-bond acceptors (Lipinski definition) is 5. The van der Waals surface area contributed by atoms with Crippen molar-refractivity contribution in [2.24, 2.45) is 7.05 Å². The number of hydrogen-bond donors (Lipinski definition) is 2. The standard InChI is InChI=1S/C26H22N2O5/c1-16(29)15-27-25(31)23-24(30)21-14-18(10-13-22(21)28(2)26(23)32)17-8-11-20(12-9-17)33-19-6-4-3-5-7-19/h3-14,30H,15H2,1-2H3,(H,27,31). The topological polar surface area (TPSA) is 97.6 Å². The molecular weight excluding hydrogens is 420 g/mol. The van der Waals surface area contributed by atoms with Crippen molar-refractivity contribution in [2.45, 2.75) is 6.92 Å². The Hall–Kier alpha value is -4.39. The van der Waals surface area contributed by atoms with E-state index >= 15 is 0 Å². The number of ether oxygens (including phenoxy) is 1.